The summed E-state index contributed by atoms with van der Waals surface area (Å²) >= 11 is 7.38. The van der Waals surface area contributed by atoms with Gasteiger partial charge in [0.2, 0.25) is 5.13 Å². The highest BCUT2D eigenvalue weighted by atomic mass is 35.5. The van der Waals surface area contributed by atoms with Crippen LogP contribution in [0.3, 0.4) is 0 Å². The number of β-amino-alcohol motifs (C(OH)–C–C–N with tert-alkyl or cyclic N) is 1. The SMILES string of the molecule is O[C@H](CN1CCN(c2ncns2)CC1)c1ccc(F)cc1Cl. The number of piperazine rings is 1. The van der Waals surface area contributed by atoms with Gasteiger partial charge in [-0.2, -0.15) is 4.37 Å². The van der Waals surface area contributed by atoms with Gasteiger partial charge in [0.1, 0.15) is 12.1 Å². The Morgan fingerprint density at radius 3 is 2.73 bits per heavy atom. The van der Waals surface area contributed by atoms with Gasteiger partial charge in [0.05, 0.1) is 6.10 Å². The molecular formula is C14H16ClFN4OS. The molecule has 1 atom stereocenters. The van der Waals surface area contributed by atoms with Crippen molar-refractivity contribution in [1.29, 1.82) is 0 Å². The maximum atomic E-state index is 13.1. The van der Waals surface area contributed by atoms with Crippen LogP contribution in [0.2, 0.25) is 5.02 Å². The highest BCUT2D eigenvalue weighted by molar-refractivity contribution is 7.09. The molecule has 1 aromatic carbocycles. The van der Waals surface area contributed by atoms with Crippen LogP contribution in [0, 0.1) is 5.82 Å². The monoisotopic (exact) mass is 342 g/mol. The maximum Gasteiger partial charge on any atom is 0.205 e. The van der Waals surface area contributed by atoms with E-state index in [1.165, 1.54) is 23.7 Å². The van der Waals surface area contributed by atoms with Crippen molar-refractivity contribution in [2.24, 2.45) is 0 Å². The molecule has 0 saturated carbocycles. The molecule has 3 rings (SSSR count). The summed E-state index contributed by atoms with van der Waals surface area (Å²) in [5.74, 6) is -0.397. The van der Waals surface area contributed by atoms with E-state index >= 15 is 0 Å². The van der Waals surface area contributed by atoms with Crippen LogP contribution < -0.4 is 4.90 Å². The molecule has 8 heteroatoms. The van der Waals surface area contributed by atoms with Crippen LogP contribution in [-0.4, -0.2) is 52.1 Å². The lowest BCUT2D eigenvalue weighted by Crippen LogP contribution is -2.47. The fraction of sp³-hybridized carbons (Fsp3) is 0.429. The second-order valence-corrected chi connectivity index (χ2v) is 6.36. The highest BCUT2D eigenvalue weighted by Crippen LogP contribution is 2.25. The molecule has 1 fully saturated rings. The number of anilines is 1. The normalized spacial score (nSPS) is 17.7. The topological polar surface area (TPSA) is 52.5 Å². The lowest BCUT2D eigenvalue weighted by molar-refractivity contribution is 0.109. The number of aliphatic hydroxyl groups excluding tert-OH is 1. The third-order valence-electron chi connectivity index (χ3n) is 3.75. The van der Waals surface area contributed by atoms with Crippen LogP contribution >= 0.6 is 23.1 Å². The summed E-state index contributed by atoms with van der Waals surface area (Å²) in [7, 11) is 0. The molecular weight excluding hydrogens is 327 g/mol. The second-order valence-electron chi connectivity index (χ2n) is 5.19. The number of aromatic nitrogens is 2. The minimum Gasteiger partial charge on any atom is -0.387 e. The summed E-state index contributed by atoms with van der Waals surface area (Å²) in [6, 6.07) is 4.09. The number of hydrogen-bond donors (Lipinski definition) is 1. The van der Waals surface area contributed by atoms with Crippen molar-refractivity contribution in [2.75, 3.05) is 37.6 Å². The van der Waals surface area contributed by atoms with Crippen molar-refractivity contribution in [3.05, 3.63) is 40.9 Å². The third-order valence-corrected chi connectivity index (χ3v) is 4.80. The van der Waals surface area contributed by atoms with Gasteiger partial charge in [0, 0.05) is 54.8 Å². The lowest BCUT2D eigenvalue weighted by Gasteiger charge is -2.35. The molecule has 1 aromatic heterocycles. The number of halogens is 2. The van der Waals surface area contributed by atoms with E-state index < -0.39 is 11.9 Å². The van der Waals surface area contributed by atoms with E-state index in [1.807, 2.05) is 0 Å². The molecule has 5 nitrogen and oxygen atoms in total. The number of aliphatic hydroxyl groups is 1. The molecule has 0 unspecified atom stereocenters. The standard InChI is InChI=1S/C14H16ClFN4OS/c15-12-7-10(16)1-2-11(12)13(21)8-19-3-5-20(6-4-19)14-17-9-18-22-14/h1-2,7,9,13,21H,3-6,8H2/t13-/m1/s1. The Kier molecular flexibility index (Phi) is 4.87. The Labute approximate surface area is 137 Å². The minimum atomic E-state index is -0.721. The smallest absolute Gasteiger partial charge is 0.205 e. The predicted octanol–water partition coefficient (Wildman–Crippen LogP) is 2.19. The first-order valence-corrected chi connectivity index (χ1v) is 8.15. The average Bonchev–Trinajstić information content (AvgIpc) is 3.02. The van der Waals surface area contributed by atoms with E-state index in [0.29, 0.717) is 12.1 Å². The molecule has 0 spiro atoms. The molecule has 1 N–H and O–H groups in total. The van der Waals surface area contributed by atoms with Crippen LogP contribution in [0.4, 0.5) is 9.52 Å². The van der Waals surface area contributed by atoms with E-state index in [4.69, 9.17) is 11.6 Å². The summed E-state index contributed by atoms with van der Waals surface area (Å²) < 4.78 is 17.1. The van der Waals surface area contributed by atoms with Crippen LogP contribution in [0.5, 0.6) is 0 Å². The van der Waals surface area contributed by atoms with Gasteiger partial charge in [-0.05, 0) is 12.1 Å². The van der Waals surface area contributed by atoms with Gasteiger partial charge in [-0.15, -0.1) is 0 Å². The molecule has 1 saturated heterocycles. The van der Waals surface area contributed by atoms with Gasteiger partial charge in [-0.3, -0.25) is 4.90 Å². The Balaban J connectivity index is 1.56. The van der Waals surface area contributed by atoms with Gasteiger partial charge in [0.25, 0.3) is 0 Å². The minimum absolute atomic E-state index is 0.264. The summed E-state index contributed by atoms with van der Waals surface area (Å²) in [5, 5.41) is 11.5. The van der Waals surface area contributed by atoms with Gasteiger partial charge in [-0.25, -0.2) is 9.37 Å². The van der Waals surface area contributed by atoms with Crippen molar-refractivity contribution < 1.29 is 9.50 Å². The van der Waals surface area contributed by atoms with E-state index in [0.717, 1.165) is 31.3 Å². The maximum absolute atomic E-state index is 13.1. The van der Waals surface area contributed by atoms with Crippen molar-refractivity contribution in [1.82, 2.24) is 14.3 Å². The van der Waals surface area contributed by atoms with Gasteiger partial charge < -0.3 is 10.0 Å². The Morgan fingerprint density at radius 1 is 1.32 bits per heavy atom. The largest absolute Gasteiger partial charge is 0.387 e. The Bertz CT molecular complexity index is 619. The number of rotatable bonds is 4. The molecule has 2 aromatic rings. The van der Waals surface area contributed by atoms with E-state index in [9.17, 15) is 9.50 Å². The highest BCUT2D eigenvalue weighted by Gasteiger charge is 2.22. The number of benzene rings is 1. The van der Waals surface area contributed by atoms with Crippen LogP contribution in [-0.2, 0) is 0 Å². The molecule has 0 aliphatic carbocycles. The average molecular weight is 343 g/mol. The van der Waals surface area contributed by atoms with Crippen molar-refractivity contribution in [3.8, 4) is 0 Å². The molecule has 1 aliphatic heterocycles. The zero-order valence-corrected chi connectivity index (χ0v) is 13.4. The van der Waals surface area contributed by atoms with Crippen LogP contribution in [0.1, 0.15) is 11.7 Å². The van der Waals surface area contributed by atoms with Crippen LogP contribution in [0.25, 0.3) is 0 Å². The van der Waals surface area contributed by atoms with Crippen molar-refractivity contribution in [2.45, 2.75) is 6.10 Å². The Morgan fingerprint density at radius 2 is 2.09 bits per heavy atom. The molecule has 0 radical (unpaired) electrons. The lowest BCUT2D eigenvalue weighted by atomic mass is 10.1. The predicted molar refractivity (Wildman–Crippen MR) is 84.9 cm³/mol. The molecule has 0 bridgehead atoms. The quantitative estimate of drug-likeness (QED) is 0.923. The third kappa shape index (κ3) is 3.55. The zero-order chi connectivity index (χ0) is 15.5. The molecule has 118 valence electrons. The molecule has 22 heavy (non-hydrogen) atoms. The van der Waals surface area contributed by atoms with Gasteiger partial charge in [-0.1, -0.05) is 17.7 Å². The van der Waals surface area contributed by atoms with E-state index in [1.54, 1.807) is 12.4 Å². The van der Waals surface area contributed by atoms with Gasteiger partial charge in [0.15, 0.2) is 0 Å². The molecule has 0 amide bonds. The summed E-state index contributed by atoms with van der Waals surface area (Å²) in [4.78, 5) is 8.56. The van der Waals surface area contributed by atoms with Gasteiger partial charge >= 0.3 is 0 Å². The fourth-order valence-electron chi connectivity index (χ4n) is 2.54. The summed E-state index contributed by atoms with van der Waals surface area (Å²) in [5.41, 5.74) is 0.564. The Hall–Kier alpha value is -1.28. The zero-order valence-electron chi connectivity index (χ0n) is 11.8. The van der Waals surface area contributed by atoms with E-state index in [-0.39, 0.29) is 5.02 Å². The number of hydrogen-bond acceptors (Lipinski definition) is 6. The molecule has 1 aliphatic rings. The van der Waals surface area contributed by atoms with Crippen molar-refractivity contribution >= 4 is 28.3 Å². The second kappa shape index (κ2) is 6.87. The van der Waals surface area contributed by atoms with Crippen molar-refractivity contribution in [3.63, 3.8) is 0 Å². The summed E-state index contributed by atoms with van der Waals surface area (Å²) in [6.45, 7) is 3.83. The summed E-state index contributed by atoms with van der Waals surface area (Å²) in [6.07, 6.45) is 0.841. The molecule has 2 heterocycles. The first kappa shape index (κ1) is 15.6. The van der Waals surface area contributed by atoms with E-state index in [2.05, 4.69) is 19.2 Å². The first-order valence-electron chi connectivity index (χ1n) is 7.00. The van der Waals surface area contributed by atoms with Crippen LogP contribution in [0.15, 0.2) is 24.5 Å². The first-order chi connectivity index (χ1) is 10.6. The fourth-order valence-corrected chi connectivity index (χ4v) is 3.42. The number of nitrogens with zero attached hydrogens (tertiary/aromatic N) is 4.